The van der Waals surface area contributed by atoms with Gasteiger partial charge in [0.15, 0.2) is 0 Å². The number of benzene rings is 2. The fraction of sp³-hybridized carbons (Fsp3) is 0.133. The Morgan fingerprint density at radius 1 is 0.941 bits per heavy atom. The molecule has 0 fully saturated rings. The normalized spacial score (nSPS) is 13.2. The molecule has 83 valence electrons. The predicted octanol–water partition coefficient (Wildman–Crippen LogP) is 2.88. The van der Waals surface area contributed by atoms with Crippen LogP contribution in [0.5, 0.6) is 0 Å². The first-order chi connectivity index (χ1) is 8.42. The molecule has 0 N–H and O–H groups in total. The standard InChI is InChI=1S/C15H11O2/c16-9-10-17-15-13-7-3-1-5-11(13)12-6-2-4-8-14(12)15/h1-8,15H,10H2. The van der Waals surface area contributed by atoms with Crippen LogP contribution >= 0.6 is 0 Å². The molecule has 0 saturated carbocycles. The van der Waals surface area contributed by atoms with Crippen LogP contribution in [-0.2, 0) is 9.53 Å². The highest BCUT2D eigenvalue weighted by molar-refractivity contribution is 5.78. The lowest BCUT2D eigenvalue weighted by atomic mass is 10.1. The first-order valence-electron chi connectivity index (χ1n) is 5.56. The van der Waals surface area contributed by atoms with Crippen LogP contribution < -0.4 is 0 Å². The molecule has 0 heterocycles. The topological polar surface area (TPSA) is 26.3 Å². The van der Waals surface area contributed by atoms with Gasteiger partial charge in [0.25, 0.3) is 0 Å². The Hall–Kier alpha value is -1.93. The van der Waals surface area contributed by atoms with Crippen LogP contribution in [-0.4, -0.2) is 12.9 Å². The molecule has 0 unspecified atom stereocenters. The molecule has 2 aromatic carbocycles. The highest BCUT2D eigenvalue weighted by Gasteiger charge is 2.28. The number of hydrogen-bond donors (Lipinski definition) is 0. The van der Waals surface area contributed by atoms with Crippen molar-refractivity contribution in [3.8, 4) is 11.1 Å². The molecule has 3 rings (SSSR count). The second kappa shape index (κ2) is 4.15. The maximum absolute atomic E-state index is 10.3. The van der Waals surface area contributed by atoms with E-state index in [0.29, 0.717) is 0 Å². The van der Waals surface area contributed by atoms with Gasteiger partial charge in [0.1, 0.15) is 12.7 Å². The lowest BCUT2D eigenvalue weighted by molar-refractivity contribution is 0.114. The van der Waals surface area contributed by atoms with E-state index in [2.05, 4.69) is 12.1 Å². The third-order valence-electron chi connectivity index (χ3n) is 3.09. The number of rotatable bonds is 3. The van der Waals surface area contributed by atoms with Gasteiger partial charge in [-0.15, -0.1) is 0 Å². The van der Waals surface area contributed by atoms with E-state index < -0.39 is 0 Å². The molecular formula is C15H11O2. The summed E-state index contributed by atoms with van der Waals surface area (Å²) in [5.74, 6) is 0. The van der Waals surface area contributed by atoms with Crippen molar-refractivity contribution in [1.29, 1.82) is 0 Å². The Morgan fingerprint density at radius 3 is 2.00 bits per heavy atom. The zero-order valence-electron chi connectivity index (χ0n) is 9.22. The van der Waals surface area contributed by atoms with Crippen molar-refractivity contribution in [2.24, 2.45) is 0 Å². The first kappa shape index (κ1) is 10.2. The van der Waals surface area contributed by atoms with Gasteiger partial charge in [0.2, 0.25) is 6.29 Å². The van der Waals surface area contributed by atoms with Gasteiger partial charge in [-0.3, -0.25) is 4.79 Å². The van der Waals surface area contributed by atoms with Crippen molar-refractivity contribution in [1.82, 2.24) is 0 Å². The maximum atomic E-state index is 10.3. The molecule has 1 radical (unpaired) electrons. The van der Waals surface area contributed by atoms with Crippen molar-refractivity contribution in [2.75, 3.05) is 6.61 Å². The minimum absolute atomic E-state index is 0.00728. The van der Waals surface area contributed by atoms with E-state index in [1.807, 2.05) is 36.4 Å². The van der Waals surface area contributed by atoms with E-state index >= 15 is 0 Å². The predicted molar refractivity (Wildman–Crippen MR) is 65.4 cm³/mol. The van der Waals surface area contributed by atoms with Crippen LogP contribution in [0.2, 0.25) is 0 Å². The van der Waals surface area contributed by atoms with Crippen LogP contribution in [0.3, 0.4) is 0 Å². The Morgan fingerprint density at radius 2 is 1.47 bits per heavy atom. The van der Waals surface area contributed by atoms with Crippen molar-refractivity contribution < 1.29 is 9.53 Å². The zero-order chi connectivity index (χ0) is 11.7. The number of carbonyl (C=O) groups excluding carboxylic acids is 1. The van der Waals surface area contributed by atoms with E-state index in [1.54, 1.807) is 6.29 Å². The second-order valence-corrected chi connectivity index (χ2v) is 4.01. The van der Waals surface area contributed by atoms with Crippen molar-refractivity contribution in [3.05, 3.63) is 59.7 Å². The van der Waals surface area contributed by atoms with Gasteiger partial charge in [-0.1, -0.05) is 48.5 Å². The van der Waals surface area contributed by atoms with Gasteiger partial charge < -0.3 is 4.74 Å². The van der Waals surface area contributed by atoms with Crippen molar-refractivity contribution >= 4 is 6.29 Å². The summed E-state index contributed by atoms with van der Waals surface area (Å²) in [7, 11) is 0. The summed E-state index contributed by atoms with van der Waals surface area (Å²) in [5.41, 5.74) is 4.64. The highest BCUT2D eigenvalue weighted by atomic mass is 16.5. The van der Waals surface area contributed by atoms with E-state index in [4.69, 9.17) is 4.74 Å². The van der Waals surface area contributed by atoms with Gasteiger partial charge in [0.05, 0.1) is 0 Å². The maximum Gasteiger partial charge on any atom is 0.226 e. The Labute approximate surface area is 99.9 Å². The first-order valence-corrected chi connectivity index (χ1v) is 5.56. The highest BCUT2D eigenvalue weighted by Crippen LogP contribution is 2.44. The Kier molecular flexibility index (Phi) is 2.50. The number of fused-ring (bicyclic) bond motifs is 3. The van der Waals surface area contributed by atoms with Gasteiger partial charge in [-0.25, -0.2) is 0 Å². The molecular weight excluding hydrogens is 212 g/mol. The van der Waals surface area contributed by atoms with Crippen LogP contribution in [0.15, 0.2) is 48.5 Å². The molecule has 2 aromatic rings. The third-order valence-corrected chi connectivity index (χ3v) is 3.09. The molecule has 2 heteroatoms. The molecule has 0 amide bonds. The van der Waals surface area contributed by atoms with Gasteiger partial charge >= 0.3 is 0 Å². The Balaban J connectivity index is 2.13. The average molecular weight is 223 g/mol. The fourth-order valence-electron chi connectivity index (χ4n) is 2.41. The summed E-state index contributed by atoms with van der Waals surface area (Å²) in [6.45, 7) is 0.00728. The SMILES string of the molecule is O=[C]COC1c2ccccc2-c2ccccc21. The van der Waals surface area contributed by atoms with Gasteiger partial charge in [-0.2, -0.15) is 0 Å². The fourth-order valence-corrected chi connectivity index (χ4v) is 2.41. The average Bonchev–Trinajstić information content (AvgIpc) is 2.71. The zero-order valence-corrected chi connectivity index (χ0v) is 9.22. The van der Waals surface area contributed by atoms with Gasteiger partial charge in [-0.05, 0) is 22.3 Å². The van der Waals surface area contributed by atoms with E-state index in [-0.39, 0.29) is 12.7 Å². The second-order valence-electron chi connectivity index (χ2n) is 4.01. The molecule has 0 spiro atoms. The third kappa shape index (κ3) is 1.58. The minimum atomic E-state index is -0.135. The molecule has 1 aliphatic rings. The summed E-state index contributed by atoms with van der Waals surface area (Å²) >= 11 is 0. The molecule has 0 aliphatic heterocycles. The van der Waals surface area contributed by atoms with Crippen LogP contribution in [0.1, 0.15) is 17.2 Å². The monoisotopic (exact) mass is 223 g/mol. The van der Waals surface area contributed by atoms with E-state index in [9.17, 15) is 4.79 Å². The number of ether oxygens (including phenoxy) is 1. The largest absolute Gasteiger partial charge is 0.360 e. The van der Waals surface area contributed by atoms with Crippen molar-refractivity contribution in [2.45, 2.75) is 6.10 Å². The summed E-state index contributed by atoms with van der Waals surface area (Å²) in [6.07, 6.45) is 1.65. The molecule has 0 saturated heterocycles. The van der Waals surface area contributed by atoms with E-state index in [1.165, 1.54) is 11.1 Å². The summed E-state index contributed by atoms with van der Waals surface area (Å²) in [4.78, 5) is 10.3. The van der Waals surface area contributed by atoms with E-state index in [0.717, 1.165) is 11.1 Å². The summed E-state index contributed by atoms with van der Waals surface area (Å²) in [5, 5.41) is 0. The molecule has 0 aromatic heterocycles. The quantitative estimate of drug-likeness (QED) is 0.799. The summed E-state index contributed by atoms with van der Waals surface area (Å²) in [6, 6.07) is 16.3. The Bertz CT molecular complexity index is 515. The number of hydrogen-bond acceptors (Lipinski definition) is 2. The van der Waals surface area contributed by atoms with Crippen molar-refractivity contribution in [3.63, 3.8) is 0 Å². The molecule has 1 aliphatic carbocycles. The van der Waals surface area contributed by atoms with Crippen LogP contribution in [0.4, 0.5) is 0 Å². The lowest BCUT2D eigenvalue weighted by Gasteiger charge is -2.12. The molecule has 17 heavy (non-hydrogen) atoms. The van der Waals surface area contributed by atoms with Gasteiger partial charge in [0, 0.05) is 0 Å². The molecule has 0 atom stereocenters. The van der Waals surface area contributed by atoms with Crippen LogP contribution in [0.25, 0.3) is 11.1 Å². The van der Waals surface area contributed by atoms with Crippen LogP contribution in [0, 0.1) is 0 Å². The molecule has 0 bridgehead atoms. The lowest BCUT2D eigenvalue weighted by Crippen LogP contribution is -2.04. The summed E-state index contributed by atoms with van der Waals surface area (Å²) < 4.78 is 5.58. The minimum Gasteiger partial charge on any atom is -0.360 e. The smallest absolute Gasteiger partial charge is 0.226 e. The molecule has 2 nitrogen and oxygen atoms in total.